The van der Waals surface area contributed by atoms with E-state index in [0.29, 0.717) is 18.6 Å². The Kier molecular flexibility index (Phi) is 3.89. The lowest BCUT2D eigenvalue weighted by molar-refractivity contribution is -0.135. The van der Waals surface area contributed by atoms with Crippen LogP contribution < -0.4 is 10.1 Å². The molecule has 2 heterocycles. The Balaban J connectivity index is 1.70. The minimum atomic E-state index is 0.157. The highest BCUT2D eigenvalue weighted by molar-refractivity contribution is 5.80. The lowest BCUT2D eigenvalue weighted by Gasteiger charge is -2.26. The third-order valence-corrected chi connectivity index (χ3v) is 4.84. The average molecular weight is 288 g/mol. The van der Waals surface area contributed by atoms with Crippen molar-refractivity contribution >= 4 is 5.91 Å². The van der Waals surface area contributed by atoms with E-state index in [1.165, 1.54) is 12.0 Å². The van der Waals surface area contributed by atoms with Gasteiger partial charge in [0.15, 0.2) is 0 Å². The molecule has 0 radical (unpaired) electrons. The van der Waals surface area contributed by atoms with Crippen LogP contribution in [0.1, 0.15) is 30.4 Å². The van der Waals surface area contributed by atoms with Gasteiger partial charge in [0.1, 0.15) is 5.75 Å². The van der Waals surface area contributed by atoms with Crippen LogP contribution >= 0.6 is 0 Å². The summed E-state index contributed by atoms with van der Waals surface area (Å²) in [4.78, 5) is 14.5. The van der Waals surface area contributed by atoms with E-state index in [2.05, 4.69) is 18.3 Å². The molecule has 0 saturated carbocycles. The predicted molar refractivity (Wildman–Crippen MR) is 82.3 cm³/mol. The number of carbonyl (C=O) groups is 1. The van der Waals surface area contributed by atoms with Gasteiger partial charge in [0.05, 0.1) is 13.0 Å². The molecule has 1 amide bonds. The largest absolute Gasteiger partial charge is 0.496 e. The molecule has 2 bridgehead atoms. The fourth-order valence-electron chi connectivity index (χ4n) is 3.74. The molecule has 4 nitrogen and oxygen atoms in total. The molecule has 2 saturated heterocycles. The minimum absolute atomic E-state index is 0.157. The number of amides is 1. The fraction of sp³-hybridized carbons (Fsp3) is 0.588. The number of benzene rings is 1. The Morgan fingerprint density at radius 1 is 1.43 bits per heavy atom. The molecule has 3 rings (SSSR count). The summed E-state index contributed by atoms with van der Waals surface area (Å²) >= 11 is 0. The van der Waals surface area contributed by atoms with E-state index >= 15 is 0 Å². The van der Waals surface area contributed by atoms with Gasteiger partial charge in [-0.3, -0.25) is 4.79 Å². The third-order valence-electron chi connectivity index (χ3n) is 4.84. The maximum Gasteiger partial charge on any atom is 0.227 e. The zero-order valence-electron chi connectivity index (χ0n) is 13.1. The van der Waals surface area contributed by atoms with Gasteiger partial charge >= 0.3 is 0 Å². The summed E-state index contributed by atoms with van der Waals surface area (Å²) in [5.74, 6) is 1.27. The van der Waals surface area contributed by atoms with Crippen LogP contribution in [0.3, 0.4) is 0 Å². The van der Waals surface area contributed by atoms with Crippen LogP contribution in [0.4, 0.5) is 0 Å². The molecular formula is C17H24N2O2. The van der Waals surface area contributed by atoms with Gasteiger partial charge in [-0.05, 0) is 32.3 Å². The van der Waals surface area contributed by atoms with E-state index in [-0.39, 0.29) is 11.8 Å². The Morgan fingerprint density at radius 2 is 2.24 bits per heavy atom. The molecule has 1 aromatic carbocycles. The van der Waals surface area contributed by atoms with Gasteiger partial charge in [-0.15, -0.1) is 0 Å². The van der Waals surface area contributed by atoms with E-state index in [0.717, 1.165) is 24.2 Å². The number of methoxy groups -OCH3 is 1. The second-order valence-corrected chi connectivity index (χ2v) is 6.40. The highest BCUT2D eigenvalue weighted by Crippen LogP contribution is 2.34. The van der Waals surface area contributed by atoms with Gasteiger partial charge < -0.3 is 15.0 Å². The van der Waals surface area contributed by atoms with Gasteiger partial charge in [-0.2, -0.15) is 0 Å². The van der Waals surface area contributed by atoms with Crippen LogP contribution in [0.5, 0.6) is 5.75 Å². The van der Waals surface area contributed by atoms with Crippen molar-refractivity contribution in [2.24, 2.45) is 5.92 Å². The second kappa shape index (κ2) is 5.68. The third kappa shape index (κ3) is 2.77. The van der Waals surface area contributed by atoms with Gasteiger partial charge in [0.25, 0.3) is 0 Å². The summed E-state index contributed by atoms with van der Waals surface area (Å²) in [7, 11) is 3.58. The smallest absolute Gasteiger partial charge is 0.227 e. The van der Waals surface area contributed by atoms with E-state index in [9.17, 15) is 4.79 Å². The quantitative estimate of drug-likeness (QED) is 0.922. The monoisotopic (exact) mass is 288 g/mol. The maximum absolute atomic E-state index is 12.7. The van der Waals surface area contributed by atoms with Crippen LogP contribution in [0.15, 0.2) is 18.2 Å². The maximum atomic E-state index is 12.7. The van der Waals surface area contributed by atoms with Crippen molar-refractivity contribution in [3.8, 4) is 5.75 Å². The van der Waals surface area contributed by atoms with Crippen LogP contribution in [0, 0.1) is 12.8 Å². The van der Waals surface area contributed by atoms with E-state index in [1.54, 1.807) is 7.11 Å². The molecule has 3 unspecified atom stereocenters. The molecule has 0 spiro atoms. The topological polar surface area (TPSA) is 41.6 Å². The Hall–Kier alpha value is -1.55. The molecule has 2 fully saturated rings. The summed E-state index contributed by atoms with van der Waals surface area (Å²) < 4.78 is 5.41. The molecule has 0 aliphatic carbocycles. The SMILES string of the molecule is COc1ccc(C)cc1CN(C)C(=O)C1CC2CCC1N2. The molecule has 0 aromatic heterocycles. The van der Waals surface area contributed by atoms with Crippen molar-refractivity contribution in [2.45, 2.75) is 44.8 Å². The van der Waals surface area contributed by atoms with Gasteiger partial charge in [0.2, 0.25) is 5.91 Å². The highest BCUT2D eigenvalue weighted by atomic mass is 16.5. The van der Waals surface area contributed by atoms with Crippen molar-refractivity contribution in [1.82, 2.24) is 10.2 Å². The number of rotatable bonds is 4. The number of ether oxygens (including phenoxy) is 1. The highest BCUT2D eigenvalue weighted by Gasteiger charge is 2.43. The molecule has 3 atom stereocenters. The number of hydrogen-bond donors (Lipinski definition) is 1. The van der Waals surface area contributed by atoms with Crippen LogP contribution in [-0.2, 0) is 11.3 Å². The Labute approximate surface area is 126 Å². The zero-order chi connectivity index (χ0) is 15.0. The number of nitrogens with one attached hydrogen (secondary N) is 1. The first-order chi connectivity index (χ1) is 10.1. The lowest BCUT2D eigenvalue weighted by atomic mass is 9.88. The first kappa shape index (κ1) is 14.4. The molecule has 21 heavy (non-hydrogen) atoms. The molecule has 2 aliphatic heterocycles. The predicted octanol–water partition coefficient (Wildman–Crippen LogP) is 2.10. The molecular weight excluding hydrogens is 264 g/mol. The summed E-state index contributed by atoms with van der Waals surface area (Å²) in [6.07, 6.45) is 3.37. The Morgan fingerprint density at radius 3 is 2.86 bits per heavy atom. The van der Waals surface area contributed by atoms with Crippen LogP contribution in [0.2, 0.25) is 0 Å². The molecule has 1 N–H and O–H groups in total. The molecule has 2 aliphatic rings. The summed E-state index contributed by atoms with van der Waals surface area (Å²) in [5.41, 5.74) is 2.26. The average Bonchev–Trinajstić information content (AvgIpc) is 3.09. The number of aryl methyl sites for hydroxylation is 1. The second-order valence-electron chi connectivity index (χ2n) is 6.40. The molecule has 1 aromatic rings. The zero-order valence-corrected chi connectivity index (χ0v) is 13.1. The van der Waals surface area contributed by atoms with E-state index < -0.39 is 0 Å². The number of hydrogen-bond acceptors (Lipinski definition) is 3. The summed E-state index contributed by atoms with van der Waals surface area (Å²) in [6.45, 7) is 2.67. The van der Waals surface area contributed by atoms with Crippen molar-refractivity contribution in [1.29, 1.82) is 0 Å². The van der Waals surface area contributed by atoms with Crippen LogP contribution in [0.25, 0.3) is 0 Å². The van der Waals surface area contributed by atoms with Crippen molar-refractivity contribution < 1.29 is 9.53 Å². The first-order valence-electron chi connectivity index (χ1n) is 7.73. The van der Waals surface area contributed by atoms with Crippen molar-refractivity contribution in [3.63, 3.8) is 0 Å². The molecule has 4 heteroatoms. The van der Waals surface area contributed by atoms with Gasteiger partial charge in [0, 0.05) is 31.2 Å². The fourth-order valence-corrected chi connectivity index (χ4v) is 3.74. The van der Waals surface area contributed by atoms with E-state index in [1.807, 2.05) is 24.1 Å². The van der Waals surface area contributed by atoms with Crippen LogP contribution in [-0.4, -0.2) is 37.0 Å². The van der Waals surface area contributed by atoms with E-state index in [4.69, 9.17) is 4.74 Å². The standard InChI is InChI=1S/C17H24N2O2/c1-11-4-7-16(21-3)12(8-11)10-19(2)17(20)14-9-13-5-6-15(14)18-13/h4,7-8,13-15,18H,5-6,9-10H2,1-3H3. The lowest BCUT2D eigenvalue weighted by Crippen LogP contribution is -2.38. The first-order valence-corrected chi connectivity index (χ1v) is 7.73. The number of carbonyl (C=O) groups excluding carboxylic acids is 1. The number of nitrogens with zero attached hydrogens (tertiary/aromatic N) is 1. The van der Waals surface area contributed by atoms with Gasteiger partial charge in [-0.25, -0.2) is 0 Å². The van der Waals surface area contributed by atoms with Crippen molar-refractivity contribution in [3.05, 3.63) is 29.3 Å². The normalized spacial score (nSPS) is 26.9. The Bertz CT molecular complexity index is 544. The van der Waals surface area contributed by atoms with Crippen molar-refractivity contribution in [2.75, 3.05) is 14.2 Å². The summed E-state index contributed by atoms with van der Waals surface area (Å²) in [6, 6.07) is 7.06. The molecule has 114 valence electrons. The van der Waals surface area contributed by atoms with Gasteiger partial charge in [-0.1, -0.05) is 17.7 Å². The minimum Gasteiger partial charge on any atom is -0.496 e. The summed E-state index contributed by atoms with van der Waals surface area (Å²) in [5, 5.41) is 3.54. The number of fused-ring (bicyclic) bond motifs is 2.